The van der Waals surface area contributed by atoms with Crippen LogP contribution in [0.25, 0.3) is 0 Å². The van der Waals surface area contributed by atoms with E-state index in [1.165, 1.54) is 5.56 Å². The summed E-state index contributed by atoms with van der Waals surface area (Å²) in [5, 5.41) is 0. The number of hydrogen-bond acceptors (Lipinski definition) is 3. The molecule has 0 atom stereocenters. The molecular formula is C16H19NO2. The highest BCUT2D eigenvalue weighted by Gasteiger charge is 2.00. The molecular weight excluding hydrogens is 238 g/mol. The van der Waals surface area contributed by atoms with Gasteiger partial charge in [-0.15, -0.1) is 0 Å². The third kappa shape index (κ3) is 3.91. The molecule has 0 saturated heterocycles. The molecule has 19 heavy (non-hydrogen) atoms. The van der Waals surface area contributed by atoms with Crippen molar-refractivity contribution in [3.8, 4) is 11.5 Å². The molecule has 0 aliphatic rings. The van der Waals surface area contributed by atoms with Gasteiger partial charge in [-0.05, 0) is 37.6 Å². The highest BCUT2D eigenvalue weighted by molar-refractivity contribution is 5.43. The Hall–Kier alpha value is -2.16. The van der Waals surface area contributed by atoms with E-state index in [1.54, 1.807) is 6.07 Å². The first-order valence-electron chi connectivity index (χ1n) is 6.33. The van der Waals surface area contributed by atoms with E-state index in [-0.39, 0.29) is 0 Å². The van der Waals surface area contributed by atoms with Gasteiger partial charge in [-0.3, -0.25) is 0 Å². The van der Waals surface area contributed by atoms with Gasteiger partial charge in [0, 0.05) is 11.8 Å². The first-order valence-corrected chi connectivity index (χ1v) is 6.33. The zero-order valence-corrected chi connectivity index (χ0v) is 11.3. The summed E-state index contributed by atoms with van der Waals surface area (Å²) in [7, 11) is 0. The van der Waals surface area contributed by atoms with Gasteiger partial charge < -0.3 is 15.2 Å². The van der Waals surface area contributed by atoms with Crippen LogP contribution in [0.15, 0.2) is 42.5 Å². The Bertz CT molecular complexity index is 552. The average molecular weight is 257 g/mol. The SMILES string of the molecule is Cc1ccc(OCCOc2cccc(N)c2)c(C)c1. The summed E-state index contributed by atoms with van der Waals surface area (Å²) in [4.78, 5) is 0. The number of anilines is 1. The number of rotatable bonds is 5. The van der Waals surface area contributed by atoms with E-state index in [0.717, 1.165) is 17.1 Å². The molecule has 0 radical (unpaired) electrons. The zero-order valence-electron chi connectivity index (χ0n) is 11.3. The summed E-state index contributed by atoms with van der Waals surface area (Å²) in [5.41, 5.74) is 8.76. The molecule has 0 saturated carbocycles. The van der Waals surface area contributed by atoms with Crippen molar-refractivity contribution >= 4 is 5.69 Å². The van der Waals surface area contributed by atoms with Crippen molar-refractivity contribution in [1.82, 2.24) is 0 Å². The summed E-state index contributed by atoms with van der Waals surface area (Å²) >= 11 is 0. The molecule has 0 bridgehead atoms. The highest BCUT2D eigenvalue weighted by atomic mass is 16.5. The Morgan fingerprint density at radius 1 is 0.947 bits per heavy atom. The quantitative estimate of drug-likeness (QED) is 0.660. The van der Waals surface area contributed by atoms with Crippen molar-refractivity contribution in [3.63, 3.8) is 0 Å². The van der Waals surface area contributed by atoms with Crippen LogP contribution in [0.1, 0.15) is 11.1 Å². The standard InChI is InChI=1S/C16H19NO2/c1-12-6-7-16(13(2)10-12)19-9-8-18-15-5-3-4-14(17)11-15/h3-7,10-11H,8-9,17H2,1-2H3. The van der Waals surface area contributed by atoms with Crippen LogP contribution in [0.4, 0.5) is 5.69 Å². The molecule has 2 aromatic carbocycles. The molecule has 0 fully saturated rings. The number of benzene rings is 2. The highest BCUT2D eigenvalue weighted by Crippen LogP contribution is 2.19. The van der Waals surface area contributed by atoms with E-state index in [4.69, 9.17) is 15.2 Å². The third-order valence-corrected chi connectivity index (χ3v) is 2.80. The molecule has 2 rings (SSSR count). The summed E-state index contributed by atoms with van der Waals surface area (Å²) in [5.74, 6) is 1.67. The van der Waals surface area contributed by atoms with E-state index in [1.807, 2.05) is 37.3 Å². The molecule has 0 aromatic heterocycles. The molecule has 3 nitrogen and oxygen atoms in total. The smallest absolute Gasteiger partial charge is 0.122 e. The van der Waals surface area contributed by atoms with Crippen LogP contribution in [0.5, 0.6) is 11.5 Å². The van der Waals surface area contributed by atoms with Gasteiger partial charge in [0.05, 0.1) is 0 Å². The average Bonchev–Trinajstić information content (AvgIpc) is 2.37. The first kappa shape index (κ1) is 13.3. The first-order chi connectivity index (χ1) is 9.15. The lowest BCUT2D eigenvalue weighted by Gasteiger charge is -2.11. The van der Waals surface area contributed by atoms with Crippen LogP contribution < -0.4 is 15.2 Å². The Morgan fingerprint density at radius 3 is 2.47 bits per heavy atom. The van der Waals surface area contributed by atoms with Crippen LogP contribution in [-0.2, 0) is 0 Å². The number of aryl methyl sites for hydroxylation is 2. The van der Waals surface area contributed by atoms with Gasteiger partial charge in [-0.25, -0.2) is 0 Å². The summed E-state index contributed by atoms with van der Waals surface area (Å²) in [6, 6.07) is 13.5. The Morgan fingerprint density at radius 2 is 1.74 bits per heavy atom. The maximum atomic E-state index is 5.69. The van der Waals surface area contributed by atoms with Crippen molar-refractivity contribution in [2.45, 2.75) is 13.8 Å². The number of ether oxygens (including phenoxy) is 2. The predicted octanol–water partition coefficient (Wildman–Crippen LogP) is 3.34. The van der Waals surface area contributed by atoms with Crippen molar-refractivity contribution in [1.29, 1.82) is 0 Å². The Kier molecular flexibility index (Phi) is 4.29. The largest absolute Gasteiger partial charge is 0.490 e. The van der Waals surface area contributed by atoms with E-state index >= 15 is 0 Å². The molecule has 0 spiro atoms. The normalized spacial score (nSPS) is 10.2. The monoisotopic (exact) mass is 257 g/mol. The van der Waals surface area contributed by atoms with Crippen molar-refractivity contribution < 1.29 is 9.47 Å². The van der Waals surface area contributed by atoms with Gasteiger partial charge in [0.2, 0.25) is 0 Å². The minimum absolute atomic E-state index is 0.497. The summed E-state index contributed by atoms with van der Waals surface area (Å²) in [6.07, 6.45) is 0. The number of nitrogens with two attached hydrogens (primary N) is 1. The van der Waals surface area contributed by atoms with Crippen LogP contribution in [0.3, 0.4) is 0 Å². The minimum Gasteiger partial charge on any atom is -0.490 e. The molecule has 3 heteroatoms. The summed E-state index contributed by atoms with van der Waals surface area (Å²) in [6.45, 7) is 5.12. The van der Waals surface area contributed by atoms with Gasteiger partial charge >= 0.3 is 0 Å². The Balaban J connectivity index is 1.81. The molecule has 0 unspecified atom stereocenters. The topological polar surface area (TPSA) is 44.5 Å². The van der Waals surface area contributed by atoms with Crippen LogP contribution >= 0.6 is 0 Å². The van der Waals surface area contributed by atoms with Crippen LogP contribution in [-0.4, -0.2) is 13.2 Å². The fourth-order valence-corrected chi connectivity index (χ4v) is 1.88. The van der Waals surface area contributed by atoms with Crippen LogP contribution in [0.2, 0.25) is 0 Å². The second-order valence-electron chi connectivity index (χ2n) is 4.54. The van der Waals surface area contributed by atoms with Crippen molar-refractivity contribution in [2.75, 3.05) is 18.9 Å². The molecule has 2 aromatic rings. The van der Waals surface area contributed by atoms with Gasteiger partial charge in [-0.1, -0.05) is 23.8 Å². The lowest BCUT2D eigenvalue weighted by Crippen LogP contribution is -2.09. The van der Waals surface area contributed by atoms with E-state index in [9.17, 15) is 0 Å². The van der Waals surface area contributed by atoms with E-state index < -0.39 is 0 Å². The molecule has 2 N–H and O–H groups in total. The molecule has 0 heterocycles. The van der Waals surface area contributed by atoms with Gasteiger partial charge in [0.15, 0.2) is 0 Å². The fraction of sp³-hybridized carbons (Fsp3) is 0.250. The van der Waals surface area contributed by atoms with Crippen molar-refractivity contribution in [2.24, 2.45) is 0 Å². The van der Waals surface area contributed by atoms with Gasteiger partial charge in [0.1, 0.15) is 24.7 Å². The summed E-state index contributed by atoms with van der Waals surface area (Å²) < 4.78 is 11.3. The third-order valence-electron chi connectivity index (χ3n) is 2.80. The van der Waals surface area contributed by atoms with E-state index in [0.29, 0.717) is 18.9 Å². The number of nitrogen functional groups attached to an aromatic ring is 1. The van der Waals surface area contributed by atoms with E-state index in [2.05, 4.69) is 13.0 Å². The molecule has 100 valence electrons. The molecule has 0 aliphatic heterocycles. The second kappa shape index (κ2) is 6.14. The second-order valence-corrected chi connectivity index (χ2v) is 4.54. The van der Waals surface area contributed by atoms with Gasteiger partial charge in [-0.2, -0.15) is 0 Å². The predicted molar refractivity (Wildman–Crippen MR) is 77.8 cm³/mol. The zero-order chi connectivity index (χ0) is 13.7. The lowest BCUT2D eigenvalue weighted by atomic mass is 10.1. The number of hydrogen-bond donors (Lipinski definition) is 1. The van der Waals surface area contributed by atoms with Crippen LogP contribution in [0, 0.1) is 13.8 Å². The molecule has 0 aliphatic carbocycles. The minimum atomic E-state index is 0.497. The van der Waals surface area contributed by atoms with Gasteiger partial charge in [0.25, 0.3) is 0 Å². The fourth-order valence-electron chi connectivity index (χ4n) is 1.88. The Labute approximate surface area is 114 Å². The maximum absolute atomic E-state index is 5.69. The maximum Gasteiger partial charge on any atom is 0.122 e. The molecule has 0 amide bonds. The lowest BCUT2D eigenvalue weighted by molar-refractivity contribution is 0.216. The van der Waals surface area contributed by atoms with Crippen molar-refractivity contribution in [3.05, 3.63) is 53.6 Å².